The van der Waals surface area contributed by atoms with E-state index in [2.05, 4.69) is 4.90 Å². The lowest BCUT2D eigenvalue weighted by Gasteiger charge is -2.37. The van der Waals surface area contributed by atoms with Gasteiger partial charge in [-0.15, -0.1) is 0 Å². The summed E-state index contributed by atoms with van der Waals surface area (Å²) in [6.07, 6.45) is 4.84. The number of anilines is 1. The number of hydrogen-bond acceptors (Lipinski definition) is 9. The van der Waals surface area contributed by atoms with Crippen LogP contribution in [0.3, 0.4) is 0 Å². The number of fused-ring (bicyclic) bond motifs is 1. The van der Waals surface area contributed by atoms with Crippen LogP contribution in [0.5, 0.6) is 0 Å². The van der Waals surface area contributed by atoms with E-state index in [1.807, 2.05) is 4.57 Å². The van der Waals surface area contributed by atoms with Gasteiger partial charge in [-0.3, -0.25) is 14.7 Å². The summed E-state index contributed by atoms with van der Waals surface area (Å²) >= 11 is 0. The second-order valence-electron chi connectivity index (χ2n) is 9.46. The molecule has 184 valence electrons. The van der Waals surface area contributed by atoms with Crippen molar-refractivity contribution in [3.8, 4) is 11.4 Å². The Morgan fingerprint density at radius 2 is 1.80 bits per heavy atom. The maximum atomic E-state index is 11.4. The third-order valence-corrected chi connectivity index (χ3v) is 7.21. The fourth-order valence-electron chi connectivity index (χ4n) is 5.08. The normalized spacial score (nSPS) is 22.2. The number of nitro benzene ring substituents is 1. The molecule has 35 heavy (non-hydrogen) atoms. The van der Waals surface area contributed by atoms with Gasteiger partial charge in [0.1, 0.15) is 17.7 Å². The molecule has 1 atom stereocenters. The van der Waals surface area contributed by atoms with Crippen molar-refractivity contribution in [1.82, 2.24) is 19.5 Å². The quantitative estimate of drug-likeness (QED) is 0.432. The van der Waals surface area contributed by atoms with Crippen LogP contribution in [-0.4, -0.2) is 62.5 Å². The molecule has 3 aliphatic rings. The zero-order chi connectivity index (χ0) is 24.0. The number of ether oxygens (including phenoxy) is 2. The van der Waals surface area contributed by atoms with E-state index in [0.29, 0.717) is 79.9 Å². The zero-order valence-electron chi connectivity index (χ0n) is 19.4. The molecule has 2 aliphatic heterocycles. The summed E-state index contributed by atoms with van der Waals surface area (Å²) in [6, 6.07) is 6.25. The highest BCUT2D eigenvalue weighted by Crippen LogP contribution is 2.44. The number of rotatable bonds is 5. The van der Waals surface area contributed by atoms with Gasteiger partial charge in [0, 0.05) is 37.4 Å². The summed E-state index contributed by atoms with van der Waals surface area (Å²) in [4.78, 5) is 27.6. The third-order valence-electron chi connectivity index (χ3n) is 7.21. The molecule has 3 aromatic rings. The lowest BCUT2D eigenvalue weighted by molar-refractivity contribution is -0.384. The highest BCUT2D eigenvalue weighted by molar-refractivity contribution is 5.86. The first-order chi connectivity index (χ1) is 17.0. The molecule has 2 aromatic heterocycles. The van der Waals surface area contributed by atoms with Gasteiger partial charge in [0.05, 0.1) is 18.1 Å². The standard InChI is InChI=1S/C24H28N6O5/c31-24(9-3-10-24)23-25-19-21(28-11-14-34-15-12-28)26-20(16-5-7-17(8-6-16)30(32)33)27-22(19)29(23)18-4-1-2-13-35-18/h5-8,18,31H,1-4,9-15H2. The van der Waals surface area contributed by atoms with Gasteiger partial charge in [-0.1, -0.05) is 0 Å². The van der Waals surface area contributed by atoms with Gasteiger partial charge in [0.15, 0.2) is 22.8 Å². The number of nitrogens with zero attached hydrogens (tertiary/aromatic N) is 6. The molecule has 1 unspecified atom stereocenters. The fraction of sp³-hybridized carbons (Fsp3) is 0.542. The highest BCUT2D eigenvalue weighted by Gasteiger charge is 2.43. The molecule has 3 fully saturated rings. The monoisotopic (exact) mass is 480 g/mol. The molecule has 1 saturated carbocycles. The average Bonchev–Trinajstić information content (AvgIpc) is 3.27. The second kappa shape index (κ2) is 8.81. The molecule has 0 spiro atoms. The number of aliphatic hydroxyl groups is 1. The number of non-ortho nitro benzene ring substituents is 1. The van der Waals surface area contributed by atoms with Crippen LogP contribution < -0.4 is 4.90 Å². The molecule has 1 aromatic carbocycles. The molecule has 0 bridgehead atoms. The Hall–Kier alpha value is -3.15. The SMILES string of the molecule is O=[N+]([O-])c1ccc(-c2nc(N3CCOCC3)c3nc(C4(O)CCC4)n(C4CCCCO4)c3n2)cc1. The van der Waals surface area contributed by atoms with Crippen LogP contribution in [0.1, 0.15) is 50.6 Å². The summed E-state index contributed by atoms with van der Waals surface area (Å²) in [5, 5.41) is 22.5. The number of aromatic nitrogens is 4. The number of benzene rings is 1. The van der Waals surface area contributed by atoms with Gasteiger partial charge in [-0.05, 0) is 50.7 Å². The molecule has 6 rings (SSSR count). The second-order valence-corrected chi connectivity index (χ2v) is 9.46. The summed E-state index contributed by atoms with van der Waals surface area (Å²) < 4.78 is 13.7. The first-order valence-corrected chi connectivity index (χ1v) is 12.3. The molecule has 4 heterocycles. The Morgan fingerprint density at radius 3 is 2.43 bits per heavy atom. The van der Waals surface area contributed by atoms with Gasteiger partial charge in [0.2, 0.25) is 0 Å². The maximum absolute atomic E-state index is 11.4. The number of nitro groups is 1. The van der Waals surface area contributed by atoms with Gasteiger partial charge >= 0.3 is 0 Å². The smallest absolute Gasteiger partial charge is 0.269 e. The van der Waals surface area contributed by atoms with Crippen LogP contribution in [0.4, 0.5) is 11.5 Å². The minimum absolute atomic E-state index is 0.0124. The first kappa shape index (κ1) is 22.3. The van der Waals surface area contributed by atoms with Gasteiger partial charge < -0.3 is 19.5 Å². The number of imidazole rings is 1. The van der Waals surface area contributed by atoms with E-state index >= 15 is 0 Å². The number of morpholine rings is 1. The van der Waals surface area contributed by atoms with Gasteiger partial charge in [-0.25, -0.2) is 15.0 Å². The molecule has 2 saturated heterocycles. The molecular formula is C24H28N6O5. The Morgan fingerprint density at radius 1 is 1.03 bits per heavy atom. The Kier molecular flexibility index (Phi) is 5.62. The molecule has 0 radical (unpaired) electrons. The van der Waals surface area contributed by atoms with Crippen molar-refractivity contribution in [3.63, 3.8) is 0 Å². The average molecular weight is 481 g/mol. The van der Waals surface area contributed by atoms with Crippen LogP contribution in [0, 0.1) is 10.1 Å². The third kappa shape index (κ3) is 3.93. The van der Waals surface area contributed by atoms with Gasteiger partial charge in [0.25, 0.3) is 5.69 Å². The van der Waals surface area contributed by atoms with E-state index in [1.165, 1.54) is 12.1 Å². The van der Waals surface area contributed by atoms with Crippen molar-refractivity contribution in [2.75, 3.05) is 37.8 Å². The molecule has 11 heteroatoms. The maximum Gasteiger partial charge on any atom is 0.269 e. The van der Waals surface area contributed by atoms with Crippen molar-refractivity contribution in [3.05, 3.63) is 40.2 Å². The molecular weight excluding hydrogens is 452 g/mol. The van der Waals surface area contributed by atoms with E-state index < -0.39 is 10.5 Å². The van der Waals surface area contributed by atoms with Crippen molar-refractivity contribution in [2.24, 2.45) is 0 Å². The number of hydrogen-bond donors (Lipinski definition) is 1. The summed E-state index contributed by atoms with van der Waals surface area (Å²) in [5.41, 5.74) is 0.947. The predicted molar refractivity (Wildman–Crippen MR) is 127 cm³/mol. The van der Waals surface area contributed by atoms with Crippen LogP contribution in [0.25, 0.3) is 22.6 Å². The molecule has 0 amide bonds. The topological polar surface area (TPSA) is 129 Å². The van der Waals surface area contributed by atoms with Crippen molar-refractivity contribution in [1.29, 1.82) is 0 Å². The van der Waals surface area contributed by atoms with Crippen molar-refractivity contribution >= 4 is 22.7 Å². The van der Waals surface area contributed by atoms with Crippen molar-refractivity contribution < 1.29 is 19.5 Å². The van der Waals surface area contributed by atoms with E-state index in [-0.39, 0.29) is 11.9 Å². The highest BCUT2D eigenvalue weighted by atomic mass is 16.6. The van der Waals surface area contributed by atoms with E-state index in [9.17, 15) is 15.2 Å². The lowest BCUT2D eigenvalue weighted by Crippen LogP contribution is -2.38. The fourth-order valence-corrected chi connectivity index (χ4v) is 5.08. The van der Waals surface area contributed by atoms with Crippen LogP contribution in [-0.2, 0) is 15.1 Å². The first-order valence-electron chi connectivity index (χ1n) is 12.3. The zero-order valence-corrected chi connectivity index (χ0v) is 19.4. The Balaban J connectivity index is 1.57. The van der Waals surface area contributed by atoms with E-state index in [4.69, 9.17) is 24.4 Å². The minimum Gasteiger partial charge on any atom is -0.382 e. The summed E-state index contributed by atoms with van der Waals surface area (Å²) in [7, 11) is 0. The van der Waals surface area contributed by atoms with Crippen LogP contribution in [0.15, 0.2) is 24.3 Å². The minimum atomic E-state index is -1.00. The summed E-state index contributed by atoms with van der Waals surface area (Å²) in [6.45, 7) is 3.15. The largest absolute Gasteiger partial charge is 0.382 e. The van der Waals surface area contributed by atoms with Crippen LogP contribution in [0.2, 0.25) is 0 Å². The Bertz CT molecular complexity index is 1240. The van der Waals surface area contributed by atoms with E-state index in [0.717, 1.165) is 25.7 Å². The summed E-state index contributed by atoms with van der Waals surface area (Å²) in [5.74, 6) is 1.73. The van der Waals surface area contributed by atoms with Gasteiger partial charge in [-0.2, -0.15) is 0 Å². The Labute approximate surface area is 201 Å². The van der Waals surface area contributed by atoms with Crippen LogP contribution >= 0.6 is 0 Å². The molecule has 11 nitrogen and oxygen atoms in total. The predicted octanol–water partition coefficient (Wildman–Crippen LogP) is 3.31. The molecule has 1 aliphatic carbocycles. The molecule has 1 N–H and O–H groups in total. The van der Waals surface area contributed by atoms with E-state index in [1.54, 1.807) is 12.1 Å². The van der Waals surface area contributed by atoms with Crippen molar-refractivity contribution in [2.45, 2.75) is 50.4 Å². The lowest BCUT2D eigenvalue weighted by atomic mass is 9.79.